The second-order valence-corrected chi connectivity index (χ2v) is 6.46. The van der Waals surface area contributed by atoms with Crippen LogP contribution in [0.15, 0.2) is 42.5 Å². The summed E-state index contributed by atoms with van der Waals surface area (Å²) in [6.45, 7) is 1.70. The average molecular weight is 363 g/mol. The molecule has 0 radical (unpaired) electrons. The SMILES string of the molecule is O=C(c1ccc(F)c(F)c1)N1CCC(CCOc2ccc(F)cc2)CC1. The van der Waals surface area contributed by atoms with Gasteiger partial charge in [-0.1, -0.05) is 0 Å². The van der Waals surface area contributed by atoms with E-state index in [1.54, 1.807) is 17.0 Å². The number of carbonyl (C=O) groups is 1. The molecule has 2 aromatic carbocycles. The van der Waals surface area contributed by atoms with Crippen molar-refractivity contribution in [3.8, 4) is 5.75 Å². The number of hydrogen-bond acceptors (Lipinski definition) is 2. The van der Waals surface area contributed by atoms with Gasteiger partial charge in [0.25, 0.3) is 5.91 Å². The molecule has 0 bridgehead atoms. The van der Waals surface area contributed by atoms with Crippen LogP contribution in [0.25, 0.3) is 0 Å². The van der Waals surface area contributed by atoms with Gasteiger partial charge in [-0.05, 0) is 67.6 Å². The molecule has 0 spiro atoms. The predicted octanol–water partition coefficient (Wildman–Crippen LogP) is 4.43. The van der Waals surface area contributed by atoms with Crippen LogP contribution in [-0.2, 0) is 0 Å². The van der Waals surface area contributed by atoms with E-state index in [0.29, 0.717) is 31.4 Å². The Balaban J connectivity index is 1.44. The van der Waals surface area contributed by atoms with Gasteiger partial charge in [-0.3, -0.25) is 4.79 Å². The van der Waals surface area contributed by atoms with Crippen molar-refractivity contribution in [2.75, 3.05) is 19.7 Å². The van der Waals surface area contributed by atoms with E-state index >= 15 is 0 Å². The van der Waals surface area contributed by atoms with E-state index < -0.39 is 11.6 Å². The van der Waals surface area contributed by atoms with Gasteiger partial charge in [0.2, 0.25) is 0 Å². The van der Waals surface area contributed by atoms with Gasteiger partial charge in [-0.25, -0.2) is 13.2 Å². The van der Waals surface area contributed by atoms with Crippen molar-refractivity contribution in [1.82, 2.24) is 4.90 Å². The molecule has 1 amide bonds. The summed E-state index contributed by atoms with van der Waals surface area (Å²) in [5.74, 6) is -1.47. The molecule has 0 aliphatic carbocycles. The number of halogens is 3. The lowest BCUT2D eigenvalue weighted by Gasteiger charge is -2.32. The molecular formula is C20H20F3NO2. The summed E-state index contributed by atoms with van der Waals surface area (Å²) in [6.07, 6.45) is 2.52. The number of ether oxygens (including phenoxy) is 1. The van der Waals surface area contributed by atoms with Gasteiger partial charge < -0.3 is 9.64 Å². The summed E-state index contributed by atoms with van der Waals surface area (Å²) in [4.78, 5) is 14.0. The van der Waals surface area contributed by atoms with E-state index in [9.17, 15) is 18.0 Å². The molecule has 0 aromatic heterocycles. The quantitative estimate of drug-likeness (QED) is 0.787. The minimum absolute atomic E-state index is 0.169. The van der Waals surface area contributed by atoms with Crippen LogP contribution in [0.3, 0.4) is 0 Å². The Kier molecular flexibility index (Phi) is 5.81. The first-order valence-corrected chi connectivity index (χ1v) is 8.65. The van der Waals surface area contributed by atoms with Gasteiger partial charge in [0.1, 0.15) is 11.6 Å². The molecule has 1 heterocycles. The summed E-state index contributed by atoms with van der Waals surface area (Å²) >= 11 is 0. The molecule has 0 unspecified atom stereocenters. The maximum Gasteiger partial charge on any atom is 0.253 e. The smallest absolute Gasteiger partial charge is 0.253 e. The van der Waals surface area contributed by atoms with Gasteiger partial charge in [-0.15, -0.1) is 0 Å². The molecule has 1 aliphatic rings. The fraction of sp³-hybridized carbons (Fsp3) is 0.350. The minimum atomic E-state index is -1.01. The molecule has 6 heteroatoms. The Labute approximate surface area is 150 Å². The van der Waals surface area contributed by atoms with Crippen LogP contribution in [0.5, 0.6) is 5.75 Å². The summed E-state index contributed by atoms with van der Waals surface area (Å²) < 4.78 is 44.7. The number of piperidine rings is 1. The zero-order chi connectivity index (χ0) is 18.5. The third kappa shape index (κ3) is 4.56. The van der Waals surface area contributed by atoms with Gasteiger partial charge in [0, 0.05) is 18.7 Å². The van der Waals surface area contributed by atoms with E-state index in [0.717, 1.165) is 31.4 Å². The molecule has 1 saturated heterocycles. The molecule has 0 saturated carbocycles. The van der Waals surface area contributed by atoms with Crippen molar-refractivity contribution in [2.24, 2.45) is 5.92 Å². The number of benzene rings is 2. The largest absolute Gasteiger partial charge is 0.494 e. The first-order valence-electron chi connectivity index (χ1n) is 8.65. The number of nitrogens with zero attached hydrogens (tertiary/aromatic N) is 1. The maximum absolute atomic E-state index is 13.3. The third-order valence-corrected chi connectivity index (χ3v) is 4.68. The lowest BCUT2D eigenvalue weighted by Crippen LogP contribution is -2.38. The number of hydrogen-bond donors (Lipinski definition) is 0. The van der Waals surface area contributed by atoms with Gasteiger partial charge in [0.15, 0.2) is 11.6 Å². The highest BCUT2D eigenvalue weighted by Gasteiger charge is 2.24. The van der Waals surface area contributed by atoms with Crippen molar-refractivity contribution in [1.29, 1.82) is 0 Å². The molecular weight excluding hydrogens is 343 g/mol. The van der Waals surface area contributed by atoms with Crippen LogP contribution in [-0.4, -0.2) is 30.5 Å². The van der Waals surface area contributed by atoms with Crippen LogP contribution in [0, 0.1) is 23.4 Å². The molecule has 138 valence electrons. The summed E-state index contributed by atoms with van der Waals surface area (Å²) in [5, 5.41) is 0. The van der Waals surface area contributed by atoms with Crippen molar-refractivity contribution < 1.29 is 22.7 Å². The van der Waals surface area contributed by atoms with Gasteiger partial charge in [0.05, 0.1) is 6.61 Å². The molecule has 0 atom stereocenters. The average Bonchev–Trinajstić information content (AvgIpc) is 2.65. The molecule has 2 aromatic rings. The van der Waals surface area contributed by atoms with Crippen molar-refractivity contribution in [3.63, 3.8) is 0 Å². The predicted molar refractivity (Wildman–Crippen MR) is 91.5 cm³/mol. The van der Waals surface area contributed by atoms with Crippen molar-refractivity contribution in [3.05, 3.63) is 65.5 Å². The molecule has 26 heavy (non-hydrogen) atoms. The monoisotopic (exact) mass is 363 g/mol. The molecule has 3 nitrogen and oxygen atoms in total. The standard InChI is InChI=1S/C20H20F3NO2/c21-16-2-4-17(5-3-16)26-12-9-14-7-10-24(11-8-14)20(25)15-1-6-18(22)19(23)13-15/h1-6,13-14H,7-12H2. The number of amides is 1. The highest BCUT2D eigenvalue weighted by molar-refractivity contribution is 5.94. The van der Waals surface area contributed by atoms with E-state index in [1.165, 1.54) is 18.2 Å². The Morgan fingerprint density at radius 2 is 1.69 bits per heavy atom. The van der Waals surface area contributed by atoms with Crippen LogP contribution in [0.4, 0.5) is 13.2 Å². The molecule has 0 N–H and O–H groups in total. The van der Waals surface area contributed by atoms with Crippen LogP contribution < -0.4 is 4.74 Å². The van der Waals surface area contributed by atoms with Crippen LogP contribution in [0.2, 0.25) is 0 Å². The Bertz CT molecular complexity index is 756. The van der Waals surface area contributed by atoms with Crippen molar-refractivity contribution >= 4 is 5.91 Å². The second-order valence-electron chi connectivity index (χ2n) is 6.46. The Morgan fingerprint density at radius 3 is 2.35 bits per heavy atom. The Hall–Kier alpha value is -2.50. The molecule has 1 aliphatic heterocycles. The summed E-state index contributed by atoms with van der Waals surface area (Å²) in [6, 6.07) is 9.14. The minimum Gasteiger partial charge on any atom is -0.494 e. The summed E-state index contributed by atoms with van der Waals surface area (Å²) in [5.41, 5.74) is 0.169. The summed E-state index contributed by atoms with van der Waals surface area (Å²) in [7, 11) is 0. The first-order chi connectivity index (χ1) is 12.5. The number of likely N-dealkylation sites (tertiary alicyclic amines) is 1. The lowest BCUT2D eigenvalue weighted by molar-refractivity contribution is 0.0679. The topological polar surface area (TPSA) is 29.5 Å². The van der Waals surface area contributed by atoms with Crippen LogP contribution in [0.1, 0.15) is 29.6 Å². The van der Waals surface area contributed by atoms with E-state index in [4.69, 9.17) is 4.74 Å². The third-order valence-electron chi connectivity index (χ3n) is 4.68. The molecule has 3 rings (SSSR count). The number of rotatable bonds is 5. The van der Waals surface area contributed by atoms with Crippen LogP contribution >= 0.6 is 0 Å². The Morgan fingerprint density at radius 1 is 1.00 bits per heavy atom. The van der Waals surface area contributed by atoms with E-state index in [2.05, 4.69) is 0 Å². The van der Waals surface area contributed by atoms with Gasteiger partial charge >= 0.3 is 0 Å². The molecule has 1 fully saturated rings. The zero-order valence-corrected chi connectivity index (χ0v) is 14.3. The normalized spacial score (nSPS) is 15.1. The lowest BCUT2D eigenvalue weighted by atomic mass is 9.93. The van der Waals surface area contributed by atoms with Crippen molar-refractivity contribution in [2.45, 2.75) is 19.3 Å². The van der Waals surface area contributed by atoms with E-state index in [1.807, 2.05) is 0 Å². The fourth-order valence-corrected chi connectivity index (χ4v) is 3.11. The van der Waals surface area contributed by atoms with Gasteiger partial charge in [-0.2, -0.15) is 0 Å². The second kappa shape index (κ2) is 8.25. The van der Waals surface area contributed by atoms with E-state index in [-0.39, 0.29) is 17.3 Å². The highest BCUT2D eigenvalue weighted by atomic mass is 19.2. The first kappa shape index (κ1) is 18.3. The fourth-order valence-electron chi connectivity index (χ4n) is 3.11. The highest BCUT2D eigenvalue weighted by Crippen LogP contribution is 2.23. The zero-order valence-electron chi connectivity index (χ0n) is 14.3. The maximum atomic E-state index is 13.3. The number of carbonyl (C=O) groups excluding carboxylic acids is 1.